The molecule has 1 N–H and O–H groups in total. The van der Waals surface area contributed by atoms with Crippen LogP contribution in [0.3, 0.4) is 0 Å². The van der Waals surface area contributed by atoms with Gasteiger partial charge in [0.05, 0.1) is 5.92 Å². The molecule has 0 amide bonds. The number of alkyl halides is 2. The van der Waals surface area contributed by atoms with E-state index >= 15 is 0 Å². The summed E-state index contributed by atoms with van der Waals surface area (Å²) < 4.78 is 28.5. The van der Waals surface area contributed by atoms with E-state index in [-0.39, 0.29) is 23.6 Å². The van der Waals surface area contributed by atoms with Crippen LogP contribution in [0.2, 0.25) is 0 Å². The van der Waals surface area contributed by atoms with E-state index in [0.29, 0.717) is 13.1 Å². The van der Waals surface area contributed by atoms with Crippen molar-refractivity contribution in [2.75, 3.05) is 13.1 Å². The summed E-state index contributed by atoms with van der Waals surface area (Å²) in [5.74, 6) is -0.891. The first-order valence-electron chi connectivity index (χ1n) is 6.90. The molecule has 1 heterocycles. The predicted molar refractivity (Wildman–Crippen MR) is 73.4 cm³/mol. The molecule has 1 aliphatic rings. The minimum Gasteiger partial charge on any atom is -0.481 e. The Morgan fingerprint density at radius 2 is 1.95 bits per heavy atom. The molecule has 0 bridgehead atoms. The van der Waals surface area contributed by atoms with Gasteiger partial charge < -0.3 is 9.84 Å². The Bertz CT molecular complexity index is 492. The maximum Gasteiger partial charge on any atom is 0.387 e. The van der Waals surface area contributed by atoms with Gasteiger partial charge in [0, 0.05) is 19.1 Å². The number of halogens is 2. The Morgan fingerprint density at radius 1 is 1.33 bits per heavy atom. The van der Waals surface area contributed by atoms with Crippen molar-refractivity contribution < 1.29 is 23.4 Å². The third kappa shape index (κ3) is 3.69. The van der Waals surface area contributed by atoms with Crippen LogP contribution in [-0.4, -0.2) is 35.7 Å². The Balaban J connectivity index is 2.03. The fourth-order valence-electron chi connectivity index (χ4n) is 2.78. The van der Waals surface area contributed by atoms with Crippen LogP contribution >= 0.6 is 0 Å². The molecule has 2 rings (SSSR count). The molecule has 116 valence electrons. The van der Waals surface area contributed by atoms with Crippen LogP contribution in [0, 0.1) is 11.8 Å². The van der Waals surface area contributed by atoms with Crippen LogP contribution in [-0.2, 0) is 4.79 Å². The third-order valence-electron chi connectivity index (χ3n) is 4.09. The first-order chi connectivity index (χ1) is 9.88. The molecule has 0 saturated carbocycles. The molecule has 0 radical (unpaired) electrons. The summed E-state index contributed by atoms with van der Waals surface area (Å²) in [6.45, 7) is 2.31. The van der Waals surface area contributed by atoms with Gasteiger partial charge in [-0.05, 0) is 30.5 Å². The van der Waals surface area contributed by atoms with Gasteiger partial charge in [-0.15, -0.1) is 0 Å². The lowest BCUT2D eigenvalue weighted by Crippen LogP contribution is -2.26. The zero-order valence-corrected chi connectivity index (χ0v) is 12.0. The highest BCUT2D eigenvalue weighted by atomic mass is 19.3. The fraction of sp³-hybridized carbons (Fsp3) is 0.533. The van der Waals surface area contributed by atoms with Gasteiger partial charge in [0.25, 0.3) is 0 Å². The molecule has 3 atom stereocenters. The zero-order valence-electron chi connectivity index (χ0n) is 12.0. The summed E-state index contributed by atoms with van der Waals surface area (Å²) in [4.78, 5) is 13.3. The molecular weight excluding hydrogens is 280 g/mol. The summed E-state index contributed by atoms with van der Waals surface area (Å²) in [6.07, 6.45) is 0. The maximum absolute atomic E-state index is 12.1. The van der Waals surface area contributed by atoms with Gasteiger partial charge in [-0.3, -0.25) is 9.69 Å². The number of carbonyl (C=O) groups is 1. The third-order valence-corrected chi connectivity index (χ3v) is 4.09. The summed E-state index contributed by atoms with van der Waals surface area (Å²) in [5.41, 5.74) is 0.954. The van der Waals surface area contributed by atoms with Crippen molar-refractivity contribution in [1.82, 2.24) is 4.90 Å². The molecule has 21 heavy (non-hydrogen) atoms. The van der Waals surface area contributed by atoms with E-state index in [0.717, 1.165) is 5.56 Å². The normalized spacial score (nSPS) is 24.2. The molecule has 3 unspecified atom stereocenters. The number of hydrogen-bond acceptors (Lipinski definition) is 3. The molecule has 1 aromatic rings. The van der Waals surface area contributed by atoms with Gasteiger partial charge >= 0.3 is 12.6 Å². The van der Waals surface area contributed by atoms with Crippen molar-refractivity contribution in [2.45, 2.75) is 26.5 Å². The highest BCUT2D eigenvalue weighted by Crippen LogP contribution is 2.31. The first-order valence-corrected chi connectivity index (χ1v) is 6.90. The molecule has 1 aromatic carbocycles. The lowest BCUT2D eigenvalue weighted by molar-refractivity contribution is -0.142. The first kappa shape index (κ1) is 15.7. The topological polar surface area (TPSA) is 49.8 Å². The van der Waals surface area contributed by atoms with Crippen LogP contribution in [0.4, 0.5) is 8.78 Å². The van der Waals surface area contributed by atoms with Gasteiger partial charge in [-0.25, -0.2) is 0 Å². The number of carboxylic acid groups (broad SMARTS) is 1. The number of aliphatic carboxylic acids is 1. The number of likely N-dealkylation sites (tertiary alicyclic amines) is 1. The van der Waals surface area contributed by atoms with Crippen molar-refractivity contribution in [2.24, 2.45) is 11.8 Å². The molecule has 0 spiro atoms. The minimum atomic E-state index is -2.83. The monoisotopic (exact) mass is 299 g/mol. The Kier molecular flexibility index (Phi) is 4.77. The van der Waals surface area contributed by atoms with Crippen molar-refractivity contribution in [3.8, 4) is 5.75 Å². The lowest BCUT2D eigenvalue weighted by Gasteiger charge is -2.24. The molecule has 0 aromatic heterocycles. The molecule has 6 heteroatoms. The maximum atomic E-state index is 12.1. The van der Waals surface area contributed by atoms with Crippen LogP contribution < -0.4 is 4.74 Å². The number of hydrogen-bond donors (Lipinski definition) is 1. The summed E-state index contributed by atoms with van der Waals surface area (Å²) in [6, 6.07) is 6.53. The summed E-state index contributed by atoms with van der Waals surface area (Å²) >= 11 is 0. The van der Waals surface area contributed by atoms with Crippen LogP contribution in [0.15, 0.2) is 24.3 Å². The average Bonchev–Trinajstić information content (AvgIpc) is 2.80. The highest BCUT2D eigenvalue weighted by molar-refractivity contribution is 5.71. The van der Waals surface area contributed by atoms with Gasteiger partial charge in [0.15, 0.2) is 0 Å². The van der Waals surface area contributed by atoms with E-state index in [1.807, 2.05) is 13.8 Å². The fourth-order valence-corrected chi connectivity index (χ4v) is 2.78. The zero-order chi connectivity index (χ0) is 15.6. The Hall–Kier alpha value is -1.69. The lowest BCUT2D eigenvalue weighted by atomic mass is 9.99. The van der Waals surface area contributed by atoms with Gasteiger partial charge in [-0.1, -0.05) is 19.1 Å². The largest absolute Gasteiger partial charge is 0.481 e. The van der Waals surface area contributed by atoms with Crippen molar-refractivity contribution >= 4 is 5.97 Å². The molecular formula is C15H19F2NO3. The van der Waals surface area contributed by atoms with Crippen molar-refractivity contribution in [3.05, 3.63) is 29.8 Å². The Morgan fingerprint density at radius 3 is 2.43 bits per heavy atom. The van der Waals surface area contributed by atoms with E-state index in [1.165, 1.54) is 12.1 Å². The smallest absolute Gasteiger partial charge is 0.387 e. The second kappa shape index (κ2) is 6.39. The Labute approximate surface area is 122 Å². The summed E-state index contributed by atoms with van der Waals surface area (Å²) in [5, 5.41) is 9.16. The predicted octanol–water partition coefficient (Wildman–Crippen LogP) is 3.00. The van der Waals surface area contributed by atoms with E-state index in [2.05, 4.69) is 9.64 Å². The van der Waals surface area contributed by atoms with E-state index in [4.69, 9.17) is 5.11 Å². The minimum absolute atomic E-state index is 0.0393. The van der Waals surface area contributed by atoms with Crippen LogP contribution in [0.5, 0.6) is 5.75 Å². The number of carboxylic acids is 1. The molecule has 4 nitrogen and oxygen atoms in total. The second-order valence-corrected chi connectivity index (χ2v) is 5.50. The molecule has 1 fully saturated rings. The number of nitrogens with zero attached hydrogens (tertiary/aromatic N) is 1. The van der Waals surface area contributed by atoms with E-state index in [1.54, 1.807) is 12.1 Å². The van der Waals surface area contributed by atoms with Crippen molar-refractivity contribution in [1.29, 1.82) is 0 Å². The summed E-state index contributed by atoms with van der Waals surface area (Å²) in [7, 11) is 0. The van der Waals surface area contributed by atoms with Crippen LogP contribution in [0.1, 0.15) is 25.5 Å². The van der Waals surface area contributed by atoms with E-state index in [9.17, 15) is 13.6 Å². The van der Waals surface area contributed by atoms with Gasteiger partial charge in [0.2, 0.25) is 0 Å². The van der Waals surface area contributed by atoms with Crippen molar-refractivity contribution in [3.63, 3.8) is 0 Å². The second-order valence-electron chi connectivity index (χ2n) is 5.50. The van der Waals surface area contributed by atoms with Gasteiger partial charge in [-0.2, -0.15) is 8.78 Å². The van der Waals surface area contributed by atoms with Gasteiger partial charge in [0.1, 0.15) is 5.75 Å². The molecule has 1 aliphatic heterocycles. The highest BCUT2D eigenvalue weighted by Gasteiger charge is 2.36. The van der Waals surface area contributed by atoms with E-state index < -0.39 is 12.6 Å². The molecule has 0 aliphatic carbocycles. The average molecular weight is 299 g/mol. The SMILES string of the molecule is CC1CN(C(C)c2ccc(OC(F)F)cc2)CC1C(=O)O. The number of benzene rings is 1. The van der Waals surface area contributed by atoms with Crippen LogP contribution in [0.25, 0.3) is 0 Å². The molecule has 1 saturated heterocycles. The number of rotatable bonds is 5. The quantitative estimate of drug-likeness (QED) is 0.908. The number of ether oxygens (including phenoxy) is 1. The standard InChI is InChI=1S/C15H19F2NO3/c1-9-7-18(8-13(9)14(19)20)10(2)11-3-5-12(6-4-11)21-15(16)17/h3-6,9-10,13,15H,7-8H2,1-2H3,(H,19,20).